The van der Waals surface area contributed by atoms with Crippen molar-refractivity contribution in [1.82, 2.24) is 0 Å². The first-order valence-electron chi connectivity index (χ1n) is 4.38. The van der Waals surface area contributed by atoms with Crippen LogP contribution in [-0.2, 0) is 0 Å². The van der Waals surface area contributed by atoms with Gasteiger partial charge in [0.15, 0.2) is 0 Å². The Kier molecular flexibility index (Phi) is 6.34. The molecule has 1 N–H and O–H groups in total. The van der Waals surface area contributed by atoms with Crippen molar-refractivity contribution in [1.29, 1.82) is 0 Å². The first kappa shape index (κ1) is 12.5. The summed E-state index contributed by atoms with van der Waals surface area (Å²) in [6.07, 6.45) is 0.903. The van der Waals surface area contributed by atoms with Gasteiger partial charge < -0.3 is 5.11 Å². The number of aliphatic hydroxyl groups is 1. The van der Waals surface area contributed by atoms with E-state index in [0.29, 0.717) is 5.92 Å². The van der Waals surface area contributed by atoms with Gasteiger partial charge in [-0.1, -0.05) is 13.8 Å². The number of hydrogen-bond acceptors (Lipinski definition) is 1. The summed E-state index contributed by atoms with van der Waals surface area (Å²) in [4.78, 5) is 0. The lowest BCUT2D eigenvalue weighted by atomic mass is 9.93. The quantitative estimate of drug-likeness (QED) is 0.696. The predicted molar refractivity (Wildman–Crippen MR) is 55.0 cm³/mol. The Balaban J connectivity index is 3.83. The van der Waals surface area contributed by atoms with Gasteiger partial charge >= 0.3 is 0 Å². The summed E-state index contributed by atoms with van der Waals surface area (Å²) in [6, 6.07) is 0. The van der Waals surface area contributed by atoms with Crippen LogP contribution in [0.1, 0.15) is 27.2 Å². The molecule has 1 nitrogen and oxygen atoms in total. The fraction of sp³-hybridized carbons (Fsp3) is 1.00. The van der Waals surface area contributed by atoms with Crippen LogP contribution in [0.4, 0.5) is 0 Å². The molecule has 0 aromatic carbocycles. The number of hydrogen-bond donors (Lipinski definition) is 1. The minimum Gasteiger partial charge on any atom is -0.396 e. The normalized spacial score (nSPS) is 21.5. The Morgan fingerprint density at radius 2 is 1.58 bits per heavy atom. The van der Waals surface area contributed by atoms with E-state index >= 15 is 0 Å². The molecule has 4 unspecified atom stereocenters. The van der Waals surface area contributed by atoms with Crippen LogP contribution < -0.4 is 0 Å². The highest BCUT2D eigenvalue weighted by Gasteiger charge is 2.21. The van der Waals surface area contributed by atoms with Gasteiger partial charge in [0.2, 0.25) is 0 Å². The van der Waals surface area contributed by atoms with Crippen LogP contribution in [0.15, 0.2) is 0 Å². The molecule has 0 amide bonds. The molecule has 0 aliphatic carbocycles. The van der Waals surface area contributed by atoms with Crippen molar-refractivity contribution in [2.75, 3.05) is 6.61 Å². The lowest BCUT2D eigenvalue weighted by Crippen LogP contribution is -2.24. The lowest BCUT2D eigenvalue weighted by Gasteiger charge is -2.23. The molecule has 0 fully saturated rings. The summed E-state index contributed by atoms with van der Waals surface area (Å²) in [6.45, 7) is 6.14. The molecule has 12 heavy (non-hydrogen) atoms. The van der Waals surface area contributed by atoms with E-state index < -0.39 is 0 Å². The van der Waals surface area contributed by atoms with Crippen molar-refractivity contribution in [2.45, 2.75) is 37.9 Å². The molecule has 0 spiro atoms. The summed E-state index contributed by atoms with van der Waals surface area (Å²) in [5.74, 6) is 0.512. The SMILES string of the molecule is CC(Cl)CC(C)C(Cl)C(C)CO. The van der Waals surface area contributed by atoms with Crippen LogP contribution >= 0.6 is 23.2 Å². The molecule has 0 saturated carbocycles. The highest BCUT2D eigenvalue weighted by Crippen LogP contribution is 2.24. The summed E-state index contributed by atoms with van der Waals surface area (Å²) in [5, 5.41) is 9.05. The third kappa shape index (κ3) is 4.54. The van der Waals surface area contributed by atoms with E-state index in [1.807, 2.05) is 13.8 Å². The molecular formula is C9H18Cl2O. The van der Waals surface area contributed by atoms with Gasteiger partial charge in [-0.05, 0) is 25.2 Å². The second-order valence-corrected chi connectivity index (χ2v) is 4.85. The summed E-state index contributed by atoms with van der Waals surface area (Å²) >= 11 is 12.0. The standard InChI is InChI=1S/C9H18Cl2O/c1-6(4-8(3)10)9(11)7(2)5-12/h6-9,12H,4-5H2,1-3H3. The largest absolute Gasteiger partial charge is 0.396 e. The van der Waals surface area contributed by atoms with Crippen molar-refractivity contribution >= 4 is 23.2 Å². The van der Waals surface area contributed by atoms with Gasteiger partial charge in [0, 0.05) is 17.4 Å². The number of alkyl halides is 2. The van der Waals surface area contributed by atoms with Gasteiger partial charge in [0.25, 0.3) is 0 Å². The van der Waals surface area contributed by atoms with E-state index in [9.17, 15) is 0 Å². The molecule has 0 saturated heterocycles. The molecule has 0 aliphatic rings. The van der Waals surface area contributed by atoms with E-state index in [2.05, 4.69) is 6.92 Å². The highest BCUT2D eigenvalue weighted by atomic mass is 35.5. The van der Waals surface area contributed by atoms with Crippen LogP contribution in [0.25, 0.3) is 0 Å². The van der Waals surface area contributed by atoms with Gasteiger partial charge in [0.1, 0.15) is 0 Å². The van der Waals surface area contributed by atoms with E-state index in [1.54, 1.807) is 0 Å². The topological polar surface area (TPSA) is 20.2 Å². The van der Waals surface area contributed by atoms with Crippen molar-refractivity contribution in [3.63, 3.8) is 0 Å². The Labute approximate surface area is 85.1 Å². The molecule has 3 heteroatoms. The summed E-state index contributed by atoms with van der Waals surface area (Å²) in [7, 11) is 0. The molecule has 0 aromatic rings. The van der Waals surface area contributed by atoms with Gasteiger partial charge in [-0.2, -0.15) is 0 Å². The Morgan fingerprint density at radius 3 is 1.92 bits per heavy atom. The fourth-order valence-electron chi connectivity index (χ4n) is 1.30. The number of rotatable bonds is 5. The summed E-state index contributed by atoms with van der Waals surface area (Å²) < 4.78 is 0. The van der Waals surface area contributed by atoms with E-state index in [4.69, 9.17) is 28.3 Å². The molecular weight excluding hydrogens is 195 g/mol. The van der Waals surface area contributed by atoms with Gasteiger partial charge in [0.05, 0.1) is 0 Å². The average molecular weight is 213 g/mol. The third-order valence-electron chi connectivity index (χ3n) is 2.07. The van der Waals surface area contributed by atoms with Crippen molar-refractivity contribution in [2.24, 2.45) is 11.8 Å². The molecule has 0 radical (unpaired) electrons. The molecule has 0 rings (SSSR count). The summed E-state index contributed by atoms with van der Waals surface area (Å²) in [5.41, 5.74) is 0. The maximum Gasteiger partial charge on any atom is 0.0470 e. The van der Waals surface area contributed by atoms with Crippen LogP contribution in [0, 0.1) is 11.8 Å². The highest BCUT2D eigenvalue weighted by molar-refractivity contribution is 6.21. The molecule has 4 atom stereocenters. The van der Waals surface area contributed by atoms with Crippen LogP contribution in [-0.4, -0.2) is 22.5 Å². The second-order valence-electron chi connectivity index (χ2n) is 3.60. The van der Waals surface area contributed by atoms with E-state index in [0.717, 1.165) is 6.42 Å². The zero-order valence-electron chi connectivity index (χ0n) is 7.93. The second kappa shape index (κ2) is 6.06. The van der Waals surface area contributed by atoms with Gasteiger partial charge in [-0.3, -0.25) is 0 Å². The fourth-order valence-corrected chi connectivity index (χ4v) is 1.77. The van der Waals surface area contributed by atoms with E-state index in [1.165, 1.54) is 0 Å². The monoisotopic (exact) mass is 212 g/mol. The first-order chi connectivity index (χ1) is 5.49. The zero-order chi connectivity index (χ0) is 9.72. The number of halogens is 2. The Hall–Kier alpha value is 0.540. The maximum absolute atomic E-state index is 8.87. The molecule has 74 valence electrons. The van der Waals surface area contributed by atoms with Crippen molar-refractivity contribution < 1.29 is 5.11 Å². The van der Waals surface area contributed by atoms with Crippen molar-refractivity contribution in [3.05, 3.63) is 0 Å². The van der Waals surface area contributed by atoms with Crippen LogP contribution in [0.3, 0.4) is 0 Å². The van der Waals surface area contributed by atoms with Gasteiger partial charge in [-0.15, -0.1) is 23.2 Å². The Bertz CT molecular complexity index is 117. The smallest absolute Gasteiger partial charge is 0.0470 e. The molecule has 0 aromatic heterocycles. The third-order valence-corrected chi connectivity index (χ3v) is 3.11. The lowest BCUT2D eigenvalue weighted by molar-refractivity contribution is 0.216. The van der Waals surface area contributed by atoms with Crippen LogP contribution in [0.5, 0.6) is 0 Å². The first-order valence-corrected chi connectivity index (χ1v) is 5.25. The predicted octanol–water partition coefficient (Wildman–Crippen LogP) is 2.88. The minimum atomic E-state index is 0.0243. The molecule has 0 bridgehead atoms. The maximum atomic E-state index is 8.87. The van der Waals surface area contributed by atoms with Gasteiger partial charge in [-0.25, -0.2) is 0 Å². The molecule has 0 aliphatic heterocycles. The Morgan fingerprint density at radius 1 is 1.08 bits per heavy atom. The van der Waals surface area contributed by atoms with E-state index in [-0.39, 0.29) is 23.3 Å². The average Bonchev–Trinajstić information content (AvgIpc) is 2.00. The van der Waals surface area contributed by atoms with Crippen molar-refractivity contribution in [3.8, 4) is 0 Å². The minimum absolute atomic E-state index is 0.0243. The van der Waals surface area contributed by atoms with Crippen LogP contribution in [0.2, 0.25) is 0 Å². The molecule has 0 heterocycles. The zero-order valence-corrected chi connectivity index (χ0v) is 9.44. The number of aliphatic hydroxyl groups excluding tert-OH is 1.